The van der Waals surface area contributed by atoms with Gasteiger partial charge >= 0.3 is 0 Å². The molecule has 1 fully saturated rings. The second-order valence-corrected chi connectivity index (χ2v) is 7.67. The van der Waals surface area contributed by atoms with Crippen molar-refractivity contribution in [2.75, 3.05) is 32.1 Å². The van der Waals surface area contributed by atoms with E-state index in [0.717, 1.165) is 35.5 Å². The Balaban J connectivity index is 1.32. The Bertz CT molecular complexity index is 964. The minimum atomic E-state index is 0.0415. The smallest absolute Gasteiger partial charge is 0.255 e. The number of piperidine rings is 1. The van der Waals surface area contributed by atoms with Crippen LogP contribution in [0.2, 0.25) is 0 Å². The highest BCUT2D eigenvalue weighted by Crippen LogP contribution is 2.25. The lowest BCUT2D eigenvalue weighted by atomic mass is 10.1. The molecule has 4 rings (SSSR count). The monoisotopic (exact) mass is 402 g/mol. The van der Waals surface area contributed by atoms with Crippen molar-refractivity contribution in [3.63, 3.8) is 0 Å². The van der Waals surface area contributed by atoms with Crippen LogP contribution in [0.3, 0.4) is 0 Å². The number of hydrogen-bond acceptors (Lipinski definition) is 5. The number of carbonyl (C=O) groups is 1. The predicted octanol–water partition coefficient (Wildman–Crippen LogP) is 3.89. The fourth-order valence-corrected chi connectivity index (χ4v) is 3.59. The molecule has 3 heterocycles. The molecule has 1 aliphatic rings. The molecule has 30 heavy (non-hydrogen) atoms. The molecular formula is C24H26N4O2. The van der Waals surface area contributed by atoms with Crippen molar-refractivity contribution in [1.82, 2.24) is 14.9 Å². The molecule has 1 saturated heterocycles. The molecule has 0 atom stereocenters. The molecule has 0 spiro atoms. The number of benzene rings is 1. The minimum absolute atomic E-state index is 0.0415. The second kappa shape index (κ2) is 8.95. The molecule has 0 unspecified atom stereocenters. The van der Waals surface area contributed by atoms with Crippen LogP contribution in [0, 0.1) is 0 Å². The number of pyridine rings is 2. The van der Waals surface area contributed by atoms with Gasteiger partial charge in [-0.15, -0.1) is 0 Å². The topological polar surface area (TPSA) is 58.6 Å². The Morgan fingerprint density at radius 1 is 1.00 bits per heavy atom. The maximum absolute atomic E-state index is 12.5. The highest BCUT2D eigenvalue weighted by atomic mass is 16.5. The third-order valence-corrected chi connectivity index (χ3v) is 5.33. The van der Waals surface area contributed by atoms with Gasteiger partial charge in [-0.05, 0) is 42.0 Å². The summed E-state index contributed by atoms with van der Waals surface area (Å²) in [4.78, 5) is 24.9. The van der Waals surface area contributed by atoms with Gasteiger partial charge in [-0.1, -0.05) is 12.1 Å². The summed E-state index contributed by atoms with van der Waals surface area (Å²) in [5.74, 6) is 1.83. The quantitative estimate of drug-likeness (QED) is 0.648. The van der Waals surface area contributed by atoms with Crippen molar-refractivity contribution < 1.29 is 9.53 Å². The molecule has 1 aromatic carbocycles. The van der Waals surface area contributed by atoms with Crippen molar-refractivity contribution in [1.29, 1.82) is 0 Å². The number of carbonyl (C=O) groups excluding carboxylic acids is 1. The van der Waals surface area contributed by atoms with Crippen LogP contribution in [0.1, 0.15) is 23.2 Å². The van der Waals surface area contributed by atoms with Gasteiger partial charge in [-0.2, -0.15) is 0 Å². The number of likely N-dealkylation sites (tertiary alicyclic amines) is 1. The minimum Gasteiger partial charge on any atom is -0.490 e. The normalized spacial score (nSPS) is 14.4. The summed E-state index contributed by atoms with van der Waals surface area (Å²) in [5, 5.41) is 0. The molecule has 154 valence electrons. The molecule has 6 heteroatoms. The zero-order chi connectivity index (χ0) is 20.9. The van der Waals surface area contributed by atoms with Crippen molar-refractivity contribution in [2.24, 2.45) is 0 Å². The summed E-state index contributed by atoms with van der Waals surface area (Å²) >= 11 is 0. The van der Waals surface area contributed by atoms with Crippen molar-refractivity contribution in [3.05, 3.63) is 72.7 Å². The van der Waals surface area contributed by atoms with Gasteiger partial charge in [-0.25, -0.2) is 4.98 Å². The van der Waals surface area contributed by atoms with Crippen LogP contribution >= 0.6 is 0 Å². The van der Waals surface area contributed by atoms with E-state index in [-0.39, 0.29) is 12.0 Å². The summed E-state index contributed by atoms with van der Waals surface area (Å²) in [6, 6.07) is 15.8. The second-order valence-electron chi connectivity index (χ2n) is 7.67. The van der Waals surface area contributed by atoms with E-state index in [1.165, 1.54) is 0 Å². The van der Waals surface area contributed by atoms with Gasteiger partial charge in [0.15, 0.2) is 0 Å². The third-order valence-electron chi connectivity index (χ3n) is 5.33. The average Bonchev–Trinajstić information content (AvgIpc) is 2.80. The van der Waals surface area contributed by atoms with E-state index in [4.69, 9.17) is 4.74 Å². The van der Waals surface area contributed by atoms with E-state index < -0.39 is 0 Å². The molecule has 3 aromatic rings. The van der Waals surface area contributed by atoms with E-state index in [9.17, 15) is 4.79 Å². The standard InChI is InChI=1S/C24H26N4O2/c1-27(2)23-10-7-19(17-26-23)18-5-8-21(9-6-18)30-22-11-14-28(15-12-22)24(29)20-4-3-13-25-16-20/h3-10,13,16-17,22H,11-12,14-15H2,1-2H3. The van der Waals surface area contributed by atoms with Crippen molar-refractivity contribution >= 4 is 11.7 Å². The lowest BCUT2D eigenvalue weighted by Gasteiger charge is -2.32. The van der Waals surface area contributed by atoms with Crippen LogP contribution < -0.4 is 9.64 Å². The first-order valence-electron chi connectivity index (χ1n) is 10.2. The zero-order valence-electron chi connectivity index (χ0n) is 17.4. The maximum Gasteiger partial charge on any atom is 0.255 e. The molecule has 0 saturated carbocycles. The SMILES string of the molecule is CN(C)c1ccc(-c2ccc(OC3CCN(C(=O)c4cccnc4)CC3)cc2)cn1. The summed E-state index contributed by atoms with van der Waals surface area (Å²) in [5.41, 5.74) is 2.83. The molecule has 2 aromatic heterocycles. The van der Waals surface area contributed by atoms with Gasteiger partial charge in [0.1, 0.15) is 17.7 Å². The molecule has 6 nitrogen and oxygen atoms in total. The molecular weight excluding hydrogens is 376 g/mol. The zero-order valence-corrected chi connectivity index (χ0v) is 17.4. The van der Waals surface area contributed by atoms with Gasteiger partial charge in [0.05, 0.1) is 5.56 Å². The van der Waals surface area contributed by atoms with Crippen molar-refractivity contribution in [3.8, 4) is 16.9 Å². The maximum atomic E-state index is 12.5. The van der Waals surface area contributed by atoms with Gasteiger partial charge in [0, 0.05) is 64.2 Å². The number of hydrogen-bond donors (Lipinski definition) is 0. The number of rotatable bonds is 5. The van der Waals surface area contributed by atoms with Crippen molar-refractivity contribution in [2.45, 2.75) is 18.9 Å². The highest BCUT2D eigenvalue weighted by molar-refractivity contribution is 5.93. The van der Waals surface area contributed by atoms with Gasteiger partial charge in [-0.3, -0.25) is 9.78 Å². The first-order valence-corrected chi connectivity index (χ1v) is 10.2. The number of aromatic nitrogens is 2. The highest BCUT2D eigenvalue weighted by Gasteiger charge is 2.24. The van der Waals surface area contributed by atoms with Crippen LogP contribution in [0.15, 0.2) is 67.1 Å². The first kappa shape index (κ1) is 19.9. The van der Waals surface area contributed by atoms with Crippen LogP contribution in [-0.2, 0) is 0 Å². The fraction of sp³-hybridized carbons (Fsp3) is 0.292. The average molecular weight is 402 g/mol. The summed E-state index contributed by atoms with van der Waals surface area (Å²) in [7, 11) is 3.96. The summed E-state index contributed by atoms with van der Waals surface area (Å²) in [6.45, 7) is 1.39. The molecule has 1 amide bonds. The number of ether oxygens (including phenoxy) is 1. The van der Waals surface area contributed by atoms with Gasteiger partial charge in [0.25, 0.3) is 5.91 Å². The Morgan fingerprint density at radius 3 is 2.33 bits per heavy atom. The predicted molar refractivity (Wildman–Crippen MR) is 118 cm³/mol. The molecule has 0 radical (unpaired) electrons. The van der Waals surface area contributed by atoms with Crippen LogP contribution in [-0.4, -0.2) is 54.1 Å². The van der Waals surface area contributed by atoms with Crippen LogP contribution in [0.25, 0.3) is 11.1 Å². The van der Waals surface area contributed by atoms with Crippen LogP contribution in [0.4, 0.5) is 5.82 Å². The van der Waals surface area contributed by atoms with E-state index in [1.54, 1.807) is 18.5 Å². The third kappa shape index (κ3) is 4.59. The van der Waals surface area contributed by atoms with E-state index in [1.807, 2.05) is 54.4 Å². The molecule has 0 N–H and O–H groups in total. The number of amides is 1. The first-order chi connectivity index (χ1) is 14.6. The lowest BCUT2D eigenvalue weighted by molar-refractivity contribution is 0.0595. The number of nitrogens with zero attached hydrogens (tertiary/aromatic N) is 4. The lowest BCUT2D eigenvalue weighted by Crippen LogP contribution is -2.41. The largest absolute Gasteiger partial charge is 0.490 e. The van der Waals surface area contributed by atoms with E-state index in [0.29, 0.717) is 18.7 Å². The molecule has 0 bridgehead atoms. The Morgan fingerprint density at radius 2 is 1.73 bits per heavy atom. The number of anilines is 1. The van der Waals surface area contributed by atoms with E-state index >= 15 is 0 Å². The summed E-state index contributed by atoms with van der Waals surface area (Å²) in [6.07, 6.45) is 6.95. The Kier molecular flexibility index (Phi) is 5.93. The Labute approximate surface area is 177 Å². The summed E-state index contributed by atoms with van der Waals surface area (Å²) < 4.78 is 6.16. The molecule has 0 aliphatic carbocycles. The van der Waals surface area contributed by atoms with Crippen LogP contribution in [0.5, 0.6) is 5.75 Å². The van der Waals surface area contributed by atoms with Gasteiger partial charge < -0.3 is 14.5 Å². The Hall–Kier alpha value is -3.41. The fourth-order valence-electron chi connectivity index (χ4n) is 3.59. The molecule has 1 aliphatic heterocycles. The van der Waals surface area contributed by atoms with E-state index in [2.05, 4.69) is 28.2 Å². The van der Waals surface area contributed by atoms with Gasteiger partial charge in [0.2, 0.25) is 0 Å².